The van der Waals surface area contributed by atoms with Crippen molar-refractivity contribution < 1.29 is 0 Å². The molecule has 14 heavy (non-hydrogen) atoms. The Balaban J connectivity index is 2.46. The van der Waals surface area contributed by atoms with Crippen LogP contribution in [0.15, 0.2) is 24.3 Å². The molecule has 0 spiro atoms. The highest BCUT2D eigenvalue weighted by Gasteiger charge is 2.55. The van der Waals surface area contributed by atoms with Gasteiger partial charge in [-0.1, -0.05) is 58.9 Å². The van der Waals surface area contributed by atoms with Crippen molar-refractivity contribution in [2.24, 2.45) is 28.6 Å². The van der Waals surface area contributed by atoms with Gasteiger partial charge in [-0.2, -0.15) is 0 Å². The van der Waals surface area contributed by atoms with E-state index < -0.39 is 0 Å². The Hall–Kier alpha value is -0.520. The first-order chi connectivity index (χ1) is 6.38. The Morgan fingerprint density at radius 3 is 1.50 bits per heavy atom. The molecule has 0 aromatic rings. The molecule has 2 aliphatic rings. The fourth-order valence-corrected chi connectivity index (χ4v) is 3.56. The molecule has 0 N–H and O–H groups in total. The van der Waals surface area contributed by atoms with Gasteiger partial charge in [0.25, 0.3) is 0 Å². The van der Waals surface area contributed by atoms with Crippen molar-refractivity contribution >= 4 is 0 Å². The third kappa shape index (κ3) is 1.06. The van der Waals surface area contributed by atoms with Gasteiger partial charge < -0.3 is 0 Å². The van der Waals surface area contributed by atoms with E-state index in [2.05, 4.69) is 58.9 Å². The van der Waals surface area contributed by atoms with Crippen LogP contribution in [0.4, 0.5) is 0 Å². The van der Waals surface area contributed by atoms with Gasteiger partial charge >= 0.3 is 0 Å². The maximum Gasteiger partial charge on any atom is -0.0108 e. The van der Waals surface area contributed by atoms with Gasteiger partial charge in [0.1, 0.15) is 0 Å². The lowest BCUT2D eigenvalue weighted by atomic mass is 9.71. The van der Waals surface area contributed by atoms with E-state index in [-0.39, 0.29) is 0 Å². The summed E-state index contributed by atoms with van der Waals surface area (Å²) in [4.78, 5) is 0. The van der Waals surface area contributed by atoms with Gasteiger partial charge in [-0.05, 0) is 28.6 Å². The lowest BCUT2D eigenvalue weighted by Crippen LogP contribution is -2.26. The minimum absolute atomic E-state index is 0.440. The number of allylic oxidation sites excluding steroid dienone is 4. The predicted molar refractivity (Wildman–Crippen MR) is 62.0 cm³/mol. The van der Waals surface area contributed by atoms with E-state index in [1.54, 1.807) is 0 Å². The average Bonchev–Trinajstić information content (AvgIpc) is 2.28. The topological polar surface area (TPSA) is 0 Å². The lowest BCUT2D eigenvalue weighted by molar-refractivity contribution is 0.161. The SMILES string of the molecule is CC1C(C)(C)C2C=CC=CC2C1(C)C. The van der Waals surface area contributed by atoms with Gasteiger partial charge in [-0.25, -0.2) is 0 Å². The summed E-state index contributed by atoms with van der Waals surface area (Å²) in [7, 11) is 0. The van der Waals surface area contributed by atoms with Crippen molar-refractivity contribution in [1.82, 2.24) is 0 Å². The Bertz CT molecular complexity index is 261. The smallest absolute Gasteiger partial charge is 0.0108 e. The highest BCUT2D eigenvalue weighted by atomic mass is 14.6. The zero-order chi connectivity index (χ0) is 10.6. The molecule has 0 radical (unpaired) electrons. The van der Waals surface area contributed by atoms with Gasteiger partial charge in [0.15, 0.2) is 0 Å². The van der Waals surface area contributed by atoms with Gasteiger partial charge in [0.2, 0.25) is 0 Å². The van der Waals surface area contributed by atoms with Crippen LogP contribution in [0.3, 0.4) is 0 Å². The average molecular weight is 190 g/mol. The van der Waals surface area contributed by atoms with Crippen molar-refractivity contribution in [1.29, 1.82) is 0 Å². The molecule has 1 saturated carbocycles. The Labute approximate surface area is 88.1 Å². The van der Waals surface area contributed by atoms with Crippen LogP contribution < -0.4 is 0 Å². The molecule has 0 nitrogen and oxygen atoms in total. The molecule has 0 aliphatic heterocycles. The second-order valence-corrected chi connectivity index (χ2v) is 6.19. The molecule has 78 valence electrons. The van der Waals surface area contributed by atoms with Crippen LogP contribution in [0.25, 0.3) is 0 Å². The van der Waals surface area contributed by atoms with Crippen molar-refractivity contribution in [3.8, 4) is 0 Å². The molecule has 1 fully saturated rings. The molecule has 0 bridgehead atoms. The van der Waals surface area contributed by atoms with Crippen molar-refractivity contribution in [2.75, 3.05) is 0 Å². The first kappa shape index (κ1) is 10.0. The van der Waals surface area contributed by atoms with Crippen molar-refractivity contribution in [2.45, 2.75) is 34.6 Å². The van der Waals surface area contributed by atoms with E-state index in [9.17, 15) is 0 Å². The van der Waals surface area contributed by atoms with Crippen molar-refractivity contribution in [3.05, 3.63) is 24.3 Å². The van der Waals surface area contributed by atoms with Crippen LogP contribution in [-0.4, -0.2) is 0 Å². The standard InChI is InChI=1S/C14H22/c1-10-13(2,3)11-8-6-7-9-12(11)14(10,4)5/h6-12H,1-5H3. The Kier molecular flexibility index (Phi) is 1.96. The van der Waals surface area contributed by atoms with E-state index >= 15 is 0 Å². The highest BCUT2D eigenvalue weighted by molar-refractivity contribution is 5.24. The summed E-state index contributed by atoms with van der Waals surface area (Å²) in [6, 6.07) is 0. The van der Waals surface area contributed by atoms with Crippen LogP contribution >= 0.6 is 0 Å². The van der Waals surface area contributed by atoms with Crippen LogP contribution in [0.2, 0.25) is 0 Å². The third-order valence-electron chi connectivity index (χ3n) is 5.09. The maximum absolute atomic E-state index is 2.42. The molecule has 0 amide bonds. The van der Waals surface area contributed by atoms with E-state index in [0.29, 0.717) is 10.8 Å². The van der Waals surface area contributed by atoms with Crippen LogP contribution in [0, 0.1) is 28.6 Å². The second kappa shape index (κ2) is 2.74. The quantitative estimate of drug-likeness (QED) is 0.540. The normalized spacial score (nSPS) is 42.5. The number of rotatable bonds is 0. The maximum atomic E-state index is 2.42. The molecule has 2 unspecified atom stereocenters. The van der Waals surface area contributed by atoms with Crippen LogP contribution in [0.1, 0.15) is 34.6 Å². The lowest BCUT2D eigenvalue weighted by Gasteiger charge is -2.33. The molecule has 2 aliphatic carbocycles. The summed E-state index contributed by atoms with van der Waals surface area (Å²) >= 11 is 0. The molecule has 2 atom stereocenters. The number of hydrogen-bond donors (Lipinski definition) is 0. The summed E-state index contributed by atoms with van der Waals surface area (Å²) in [6.07, 6.45) is 9.26. The van der Waals surface area contributed by atoms with Gasteiger partial charge in [0, 0.05) is 0 Å². The fourth-order valence-electron chi connectivity index (χ4n) is 3.56. The number of fused-ring (bicyclic) bond motifs is 1. The minimum Gasteiger partial charge on any atom is -0.0803 e. The first-order valence-corrected chi connectivity index (χ1v) is 5.73. The van der Waals surface area contributed by atoms with Gasteiger partial charge in [-0.3, -0.25) is 0 Å². The molecular weight excluding hydrogens is 168 g/mol. The van der Waals surface area contributed by atoms with E-state index in [1.807, 2.05) is 0 Å². The third-order valence-corrected chi connectivity index (χ3v) is 5.09. The van der Waals surface area contributed by atoms with E-state index in [0.717, 1.165) is 17.8 Å². The largest absolute Gasteiger partial charge is 0.0803 e. The minimum atomic E-state index is 0.440. The van der Waals surface area contributed by atoms with Crippen LogP contribution in [0.5, 0.6) is 0 Å². The molecule has 0 heteroatoms. The predicted octanol–water partition coefficient (Wildman–Crippen LogP) is 4.05. The molecule has 0 heterocycles. The summed E-state index contributed by atoms with van der Waals surface area (Å²) in [5.74, 6) is 2.24. The summed E-state index contributed by atoms with van der Waals surface area (Å²) in [5.41, 5.74) is 0.880. The Morgan fingerprint density at radius 2 is 1.14 bits per heavy atom. The van der Waals surface area contributed by atoms with Gasteiger partial charge in [0.05, 0.1) is 0 Å². The fraction of sp³-hybridized carbons (Fsp3) is 0.714. The zero-order valence-electron chi connectivity index (χ0n) is 10.0. The highest BCUT2D eigenvalue weighted by Crippen LogP contribution is 2.61. The molecule has 2 rings (SSSR count). The zero-order valence-corrected chi connectivity index (χ0v) is 10.0. The van der Waals surface area contributed by atoms with Crippen LogP contribution in [-0.2, 0) is 0 Å². The monoisotopic (exact) mass is 190 g/mol. The molecule has 0 aromatic carbocycles. The second-order valence-electron chi connectivity index (χ2n) is 6.19. The summed E-state index contributed by atoms with van der Waals surface area (Å²) < 4.78 is 0. The molecular formula is C14H22. The summed E-state index contributed by atoms with van der Waals surface area (Å²) in [5, 5.41) is 0. The van der Waals surface area contributed by atoms with Crippen molar-refractivity contribution in [3.63, 3.8) is 0 Å². The summed E-state index contributed by atoms with van der Waals surface area (Å²) in [6.45, 7) is 12.1. The number of hydrogen-bond acceptors (Lipinski definition) is 0. The van der Waals surface area contributed by atoms with E-state index in [4.69, 9.17) is 0 Å². The van der Waals surface area contributed by atoms with Gasteiger partial charge in [-0.15, -0.1) is 0 Å². The first-order valence-electron chi connectivity index (χ1n) is 5.73. The van der Waals surface area contributed by atoms with E-state index in [1.165, 1.54) is 0 Å². The molecule has 0 saturated heterocycles. The molecule has 0 aromatic heterocycles. The Morgan fingerprint density at radius 1 is 0.786 bits per heavy atom.